The fourth-order valence-electron chi connectivity index (χ4n) is 2.97. The highest BCUT2D eigenvalue weighted by atomic mass is 19.1. The number of aryl methyl sites for hydroxylation is 2. The molecule has 1 fully saturated rings. The molecule has 1 saturated heterocycles. The van der Waals surface area contributed by atoms with Gasteiger partial charge in [-0.05, 0) is 43.2 Å². The molecular weight excluding hydrogens is 305 g/mol. The van der Waals surface area contributed by atoms with Crippen molar-refractivity contribution in [2.75, 3.05) is 36.4 Å². The smallest absolute Gasteiger partial charge is 0.322 e. The monoisotopic (exact) mass is 327 g/mol. The third kappa shape index (κ3) is 3.50. The van der Waals surface area contributed by atoms with Gasteiger partial charge in [0, 0.05) is 31.9 Å². The quantitative estimate of drug-likeness (QED) is 0.911. The molecule has 0 aliphatic carbocycles. The van der Waals surface area contributed by atoms with Crippen LogP contribution in [0.3, 0.4) is 0 Å². The van der Waals surface area contributed by atoms with Crippen molar-refractivity contribution in [3.63, 3.8) is 0 Å². The van der Waals surface area contributed by atoms with E-state index in [1.54, 1.807) is 23.1 Å². The van der Waals surface area contributed by atoms with Gasteiger partial charge in [0.2, 0.25) is 0 Å². The average Bonchev–Trinajstić information content (AvgIpc) is 2.59. The highest BCUT2D eigenvalue weighted by molar-refractivity contribution is 5.89. The molecule has 0 aromatic heterocycles. The number of nitrogens with zero attached hydrogens (tertiary/aromatic N) is 2. The number of urea groups is 1. The van der Waals surface area contributed by atoms with Crippen LogP contribution in [0.15, 0.2) is 42.5 Å². The number of carbonyl (C=O) groups is 1. The molecule has 126 valence electrons. The Hall–Kier alpha value is -2.56. The van der Waals surface area contributed by atoms with Gasteiger partial charge in [-0.1, -0.05) is 24.3 Å². The van der Waals surface area contributed by atoms with Crippen LogP contribution >= 0.6 is 0 Å². The molecule has 5 heteroatoms. The lowest BCUT2D eigenvalue weighted by Gasteiger charge is -2.36. The summed E-state index contributed by atoms with van der Waals surface area (Å²) in [6, 6.07) is 12.4. The molecule has 0 saturated carbocycles. The van der Waals surface area contributed by atoms with Gasteiger partial charge in [-0.25, -0.2) is 9.18 Å². The molecule has 1 aliphatic heterocycles. The third-order valence-electron chi connectivity index (χ3n) is 4.39. The van der Waals surface area contributed by atoms with Gasteiger partial charge in [0.05, 0.1) is 5.69 Å². The van der Waals surface area contributed by atoms with Gasteiger partial charge in [-0.3, -0.25) is 0 Å². The molecule has 0 atom stereocenters. The van der Waals surface area contributed by atoms with E-state index >= 15 is 0 Å². The van der Waals surface area contributed by atoms with Crippen LogP contribution in [-0.2, 0) is 0 Å². The molecule has 1 N–H and O–H groups in total. The first kappa shape index (κ1) is 16.3. The van der Waals surface area contributed by atoms with Crippen molar-refractivity contribution in [2.45, 2.75) is 13.8 Å². The lowest BCUT2D eigenvalue weighted by molar-refractivity contribution is 0.208. The van der Waals surface area contributed by atoms with Crippen molar-refractivity contribution >= 4 is 17.4 Å². The lowest BCUT2D eigenvalue weighted by Crippen LogP contribution is -2.50. The summed E-state index contributed by atoms with van der Waals surface area (Å²) in [6.45, 7) is 6.97. The summed E-state index contributed by atoms with van der Waals surface area (Å²) in [4.78, 5) is 16.3. The minimum absolute atomic E-state index is 0.222. The largest absolute Gasteiger partial charge is 0.368 e. The summed E-state index contributed by atoms with van der Waals surface area (Å²) in [7, 11) is 0. The molecule has 2 aromatic carbocycles. The van der Waals surface area contributed by atoms with E-state index in [0.29, 0.717) is 13.1 Å². The normalized spacial score (nSPS) is 14.6. The van der Waals surface area contributed by atoms with E-state index < -0.39 is 5.82 Å². The summed E-state index contributed by atoms with van der Waals surface area (Å²) in [5.74, 6) is -0.417. The number of piperazine rings is 1. The number of rotatable bonds is 2. The van der Waals surface area contributed by atoms with Gasteiger partial charge in [-0.2, -0.15) is 0 Å². The minimum Gasteiger partial charge on any atom is -0.368 e. The van der Waals surface area contributed by atoms with Crippen molar-refractivity contribution in [2.24, 2.45) is 0 Å². The number of hydrogen-bond donors (Lipinski definition) is 1. The van der Waals surface area contributed by atoms with Crippen LogP contribution in [0.5, 0.6) is 0 Å². The number of hydrogen-bond acceptors (Lipinski definition) is 2. The number of nitrogens with one attached hydrogen (secondary N) is 1. The molecule has 4 nitrogen and oxygen atoms in total. The molecule has 24 heavy (non-hydrogen) atoms. The Morgan fingerprint density at radius 1 is 1.04 bits per heavy atom. The summed E-state index contributed by atoms with van der Waals surface area (Å²) >= 11 is 0. The summed E-state index contributed by atoms with van der Waals surface area (Å²) in [5.41, 5.74) is 3.92. The van der Waals surface area contributed by atoms with Gasteiger partial charge < -0.3 is 15.1 Å². The zero-order valence-corrected chi connectivity index (χ0v) is 14.1. The summed E-state index contributed by atoms with van der Waals surface area (Å²) in [6.07, 6.45) is 0. The summed E-state index contributed by atoms with van der Waals surface area (Å²) < 4.78 is 13.6. The second kappa shape index (κ2) is 6.91. The molecule has 1 aliphatic rings. The number of halogens is 1. The van der Waals surface area contributed by atoms with Crippen LogP contribution in [0, 0.1) is 19.7 Å². The average molecular weight is 327 g/mol. The summed E-state index contributed by atoms with van der Waals surface area (Å²) in [5, 5.41) is 2.65. The number of benzene rings is 2. The Morgan fingerprint density at radius 3 is 2.46 bits per heavy atom. The molecule has 2 aromatic rings. The molecular formula is C19H22FN3O. The van der Waals surface area contributed by atoms with E-state index in [9.17, 15) is 9.18 Å². The maximum Gasteiger partial charge on any atom is 0.322 e. The number of amides is 2. The predicted molar refractivity (Wildman–Crippen MR) is 95.1 cm³/mol. The van der Waals surface area contributed by atoms with Gasteiger partial charge >= 0.3 is 6.03 Å². The molecule has 2 amide bonds. The maximum atomic E-state index is 13.6. The molecule has 0 radical (unpaired) electrons. The topological polar surface area (TPSA) is 35.6 Å². The van der Waals surface area contributed by atoms with Crippen molar-refractivity contribution < 1.29 is 9.18 Å². The standard InChI is InChI=1S/C19H22FN3O/c1-14-7-8-15(2)18(13-14)22-9-11-23(12-10-22)19(24)21-17-6-4-3-5-16(17)20/h3-8,13H,9-12H2,1-2H3,(H,21,24). The van der Waals surface area contributed by atoms with Gasteiger partial charge in [0.25, 0.3) is 0 Å². The van der Waals surface area contributed by atoms with Crippen LogP contribution in [-0.4, -0.2) is 37.1 Å². The molecule has 0 bridgehead atoms. The van der Waals surface area contributed by atoms with E-state index in [1.165, 1.54) is 22.9 Å². The number of carbonyl (C=O) groups excluding carboxylic acids is 1. The molecule has 0 spiro atoms. The zero-order chi connectivity index (χ0) is 17.1. The Labute approximate surface area is 141 Å². The Kier molecular flexibility index (Phi) is 4.69. The van der Waals surface area contributed by atoms with E-state index in [-0.39, 0.29) is 11.7 Å². The van der Waals surface area contributed by atoms with Gasteiger partial charge in [0.1, 0.15) is 5.82 Å². The second-order valence-electron chi connectivity index (χ2n) is 6.17. The minimum atomic E-state index is -0.417. The zero-order valence-electron chi connectivity index (χ0n) is 14.1. The number of para-hydroxylation sites is 1. The second-order valence-corrected chi connectivity index (χ2v) is 6.17. The van der Waals surface area contributed by atoms with Crippen molar-refractivity contribution in [3.8, 4) is 0 Å². The SMILES string of the molecule is Cc1ccc(C)c(N2CCN(C(=O)Nc3ccccc3F)CC2)c1. The fourth-order valence-corrected chi connectivity index (χ4v) is 2.97. The number of anilines is 2. The van der Waals surface area contributed by atoms with Gasteiger partial charge in [-0.15, -0.1) is 0 Å². The fraction of sp³-hybridized carbons (Fsp3) is 0.316. The van der Waals surface area contributed by atoms with Gasteiger partial charge in [0.15, 0.2) is 0 Å². The maximum absolute atomic E-state index is 13.6. The highest BCUT2D eigenvalue weighted by Gasteiger charge is 2.22. The van der Waals surface area contributed by atoms with E-state index in [1.807, 2.05) is 0 Å². The van der Waals surface area contributed by atoms with Crippen molar-refractivity contribution in [1.82, 2.24) is 4.90 Å². The highest BCUT2D eigenvalue weighted by Crippen LogP contribution is 2.23. The first-order valence-electron chi connectivity index (χ1n) is 8.17. The Bertz CT molecular complexity index is 739. The van der Waals surface area contributed by atoms with E-state index in [2.05, 4.69) is 42.3 Å². The first-order chi connectivity index (χ1) is 11.5. The van der Waals surface area contributed by atoms with E-state index in [4.69, 9.17) is 0 Å². The Morgan fingerprint density at radius 2 is 1.75 bits per heavy atom. The van der Waals surface area contributed by atoms with Crippen molar-refractivity contribution in [3.05, 3.63) is 59.4 Å². The third-order valence-corrected chi connectivity index (χ3v) is 4.39. The molecule has 1 heterocycles. The van der Waals surface area contributed by atoms with Crippen LogP contribution < -0.4 is 10.2 Å². The first-order valence-corrected chi connectivity index (χ1v) is 8.17. The van der Waals surface area contributed by atoms with Crippen molar-refractivity contribution in [1.29, 1.82) is 0 Å². The van der Waals surface area contributed by atoms with Crippen LogP contribution in [0.25, 0.3) is 0 Å². The van der Waals surface area contributed by atoms with Crippen LogP contribution in [0.1, 0.15) is 11.1 Å². The van der Waals surface area contributed by atoms with Crippen LogP contribution in [0.2, 0.25) is 0 Å². The van der Waals surface area contributed by atoms with E-state index in [0.717, 1.165) is 13.1 Å². The molecule has 0 unspecified atom stereocenters. The Balaban J connectivity index is 1.61. The lowest BCUT2D eigenvalue weighted by atomic mass is 10.1. The predicted octanol–water partition coefficient (Wildman–Crippen LogP) is 3.80. The van der Waals surface area contributed by atoms with Crippen LogP contribution in [0.4, 0.5) is 20.6 Å². The molecule has 3 rings (SSSR count).